The molecule has 0 saturated heterocycles. The van der Waals surface area contributed by atoms with Gasteiger partial charge in [-0.25, -0.2) is 4.98 Å². The summed E-state index contributed by atoms with van der Waals surface area (Å²) in [5.74, 6) is 1.90. The van der Waals surface area contributed by atoms with Gasteiger partial charge in [0.1, 0.15) is 5.75 Å². The van der Waals surface area contributed by atoms with E-state index in [-0.39, 0.29) is 5.91 Å². The lowest BCUT2D eigenvalue weighted by atomic mass is 10.1. The summed E-state index contributed by atoms with van der Waals surface area (Å²) < 4.78 is 5.27. The van der Waals surface area contributed by atoms with Gasteiger partial charge in [0.2, 0.25) is 5.91 Å². The highest BCUT2D eigenvalue weighted by atomic mass is 32.2. The van der Waals surface area contributed by atoms with Gasteiger partial charge in [0, 0.05) is 25.2 Å². The predicted octanol–water partition coefficient (Wildman–Crippen LogP) is 3.55. The van der Waals surface area contributed by atoms with Crippen molar-refractivity contribution in [3.63, 3.8) is 0 Å². The van der Waals surface area contributed by atoms with Crippen LogP contribution in [0.5, 0.6) is 5.75 Å². The third-order valence-electron chi connectivity index (χ3n) is 3.91. The number of carbonyl (C=O) groups excluding carboxylic acids is 1. The SMILES string of the molecule is COc1ccc2c(c1)N(C(=O)CCCSc1ccccn1)CC2. The fourth-order valence-electron chi connectivity index (χ4n) is 2.71. The summed E-state index contributed by atoms with van der Waals surface area (Å²) in [5.41, 5.74) is 2.23. The highest BCUT2D eigenvalue weighted by Crippen LogP contribution is 2.32. The Kier molecular flexibility index (Phi) is 5.18. The lowest BCUT2D eigenvalue weighted by molar-refractivity contribution is -0.118. The second-order valence-corrected chi connectivity index (χ2v) is 6.53. The molecule has 1 aromatic heterocycles. The van der Waals surface area contributed by atoms with Gasteiger partial charge >= 0.3 is 0 Å². The van der Waals surface area contributed by atoms with Crippen LogP contribution in [0.25, 0.3) is 0 Å². The fourth-order valence-corrected chi connectivity index (χ4v) is 3.52. The summed E-state index contributed by atoms with van der Waals surface area (Å²) in [7, 11) is 1.65. The molecule has 0 saturated carbocycles. The number of carbonyl (C=O) groups is 1. The number of hydrogen-bond donors (Lipinski definition) is 0. The predicted molar refractivity (Wildman–Crippen MR) is 93.2 cm³/mol. The number of aromatic nitrogens is 1. The number of thioether (sulfide) groups is 1. The number of pyridine rings is 1. The molecule has 2 heterocycles. The largest absolute Gasteiger partial charge is 0.497 e. The molecule has 0 atom stereocenters. The van der Waals surface area contributed by atoms with Gasteiger partial charge in [-0.2, -0.15) is 0 Å². The molecule has 0 bridgehead atoms. The molecule has 0 radical (unpaired) electrons. The summed E-state index contributed by atoms with van der Waals surface area (Å²) >= 11 is 1.69. The van der Waals surface area contributed by atoms with E-state index in [1.54, 1.807) is 25.1 Å². The molecular weight excluding hydrogens is 308 g/mol. The van der Waals surface area contributed by atoms with Gasteiger partial charge in [-0.15, -0.1) is 11.8 Å². The summed E-state index contributed by atoms with van der Waals surface area (Å²) in [6, 6.07) is 11.9. The van der Waals surface area contributed by atoms with Crippen LogP contribution in [0.2, 0.25) is 0 Å². The molecule has 4 nitrogen and oxygen atoms in total. The summed E-state index contributed by atoms with van der Waals surface area (Å²) in [5, 5.41) is 1.01. The molecule has 1 amide bonds. The number of nitrogens with zero attached hydrogens (tertiary/aromatic N) is 2. The van der Waals surface area contributed by atoms with Crippen molar-refractivity contribution in [3.8, 4) is 5.75 Å². The Labute approximate surface area is 140 Å². The quantitative estimate of drug-likeness (QED) is 0.601. The van der Waals surface area contributed by atoms with E-state index < -0.39 is 0 Å². The van der Waals surface area contributed by atoms with Crippen LogP contribution in [0.3, 0.4) is 0 Å². The smallest absolute Gasteiger partial charge is 0.227 e. The minimum Gasteiger partial charge on any atom is -0.497 e. The van der Waals surface area contributed by atoms with E-state index in [9.17, 15) is 4.79 Å². The highest BCUT2D eigenvalue weighted by molar-refractivity contribution is 7.99. The van der Waals surface area contributed by atoms with Gasteiger partial charge in [0.25, 0.3) is 0 Å². The first kappa shape index (κ1) is 15.9. The fraction of sp³-hybridized carbons (Fsp3) is 0.333. The van der Waals surface area contributed by atoms with Crippen molar-refractivity contribution in [1.29, 1.82) is 0 Å². The van der Waals surface area contributed by atoms with E-state index in [1.807, 2.05) is 35.2 Å². The molecule has 1 aliphatic rings. The lowest BCUT2D eigenvalue weighted by Gasteiger charge is -2.17. The molecule has 0 N–H and O–H groups in total. The Bertz CT molecular complexity index is 676. The Hall–Kier alpha value is -2.01. The van der Waals surface area contributed by atoms with Gasteiger partial charge in [0.15, 0.2) is 0 Å². The third kappa shape index (κ3) is 3.85. The molecule has 0 spiro atoms. The van der Waals surface area contributed by atoms with Crippen LogP contribution in [0, 0.1) is 0 Å². The van der Waals surface area contributed by atoms with Gasteiger partial charge in [-0.05, 0) is 42.4 Å². The van der Waals surface area contributed by atoms with Gasteiger partial charge < -0.3 is 9.64 Å². The minimum atomic E-state index is 0.193. The average molecular weight is 328 g/mol. The summed E-state index contributed by atoms with van der Waals surface area (Å²) in [6.45, 7) is 0.773. The molecule has 1 aliphatic heterocycles. The maximum absolute atomic E-state index is 12.5. The lowest BCUT2D eigenvalue weighted by Crippen LogP contribution is -2.28. The zero-order valence-electron chi connectivity index (χ0n) is 13.2. The number of methoxy groups -OCH3 is 1. The molecule has 120 valence electrons. The maximum atomic E-state index is 12.5. The van der Waals surface area contributed by atoms with Crippen LogP contribution in [0.4, 0.5) is 5.69 Å². The molecule has 0 unspecified atom stereocenters. The second-order valence-electron chi connectivity index (χ2n) is 5.41. The Morgan fingerprint density at radius 2 is 2.26 bits per heavy atom. The van der Waals surface area contributed by atoms with Crippen molar-refractivity contribution in [2.75, 3.05) is 24.3 Å². The molecular formula is C18H20N2O2S. The van der Waals surface area contributed by atoms with Crippen molar-refractivity contribution in [1.82, 2.24) is 4.98 Å². The monoisotopic (exact) mass is 328 g/mol. The van der Waals surface area contributed by atoms with Crippen LogP contribution >= 0.6 is 11.8 Å². The minimum absolute atomic E-state index is 0.193. The first-order chi connectivity index (χ1) is 11.3. The van der Waals surface area contributed by atoms with Gasteiger partial charge in [-0.3, -0.25) is 4.79 Å². The number of ether oxygens (including phenoxy) is 1. The van der Waals surface area contributed by atoms with Crippen molar-refractivity contribution in [2.24, 2.45) is 0 Å². The van der Waals surface area contributed by atoms with Crippen LogP contribution < -0.4 is 9.64 Å². The first-order valence-electron chi connectivity index (χ1n) is 7.79. The normalized spacial score (nSPS) is 13.0. The standard InChI is InChI=1S/C18H20N2O2S/c1-22-15-8-7-14-9-11-20(16(14)13-15)18(21)6-4-12-23-17-5-2-3-10-19-17/h2-3,5,7-8,10,13H,4,6,9,11-12H2,1H3. The van der Waals surface area contributed by atoms with Crippen LogP contribution in [-0.2, 0) is 11.2 Å². The first-order valence-corrected chi connectivity index (χ1v) is 8.77. The van der Waals surface area contributed by atoms with E-state index in [0.717, 1.165) is 41.6 Å². The molecule has 5 heteroatoms. The van der Waals surface area contributed by atoms with E-state index in [2.05, 4.69) is 11.1 Å². The van der Waals surface area contributed by atoms with Crippen molar-refractivity contribution in [2.45, 2.75) is 24.3 Å². The van der Waals surface area contributed by atoms with Gasteiger partial charge in [-0.1, -0.05) is 12.1 Å². The zero-order chi connectivity index (χ0) is 16.1. The number of hydrogen-bond acceptors (Lipinski definition) is 4. The van der Waals surface area contributed by atoms with Crippen LogP contribution in [0.15, 0.2) is 47.6 Å². The molecule has 0 aliphatic carbocycles. The Balaban J connectivity index is 1.52. The Morgan fingerprint density at radius 3 is 3.04 bits per heavy atom. The number of amides is 1. The van der Waals surface area contributed by atoms with E-state index in [1.165, 1.54) is 5.56 Å². The van der Waals surface area contributed by atoms with Crippen LogP contribution in [-0.4, -0.2) is 30.3 Å². The number of benzene rings is 1. The van der Waals surface area contributed by atoms with Crippen molar-refractivity contribution < 1.29 is 9.53 Å². The van der Waals surface area contributed by atoms with E-state index in [4.69, 9.17) is 4.74 Å². The topological polar surface area (TPSA) is 42.4 Å². The molecule has 1 aromatic carbocycles. The second kappa shape index (κ2) is 7.51. The summed E-state index contributed by atoms with van der Waals surface area (Å²) in [4.78, 5) is 18.6. The third-order valence-corrected chi connectivity index (χ3v) is 4.94. The number of fused-ring (bicyclic) bond motifs is 1. The number of anilines is 1. The zero-order valence-corrected chi connectivity index (χ0v) is 14.0. The van der Waals surface area contributed by atoms with Crippen LogP contribution in [0.1, 0.15) is 18.4 Å². The number of rotatable bonds is 6. The van der Waals surface area contributed by atoms with E-state index in [0.29, 0.717) is 6.42 Å². The molecule has 23 heavy (non-hydrogen) atoms. The maximum Gasteiger partial charge on any atom is 0.227 e. The van der Waals surface area contributed by atoms with Gasteiger partial charge in [0.05, 0.1) is 17.8 Å². The molecule has 0 fully saturated rings. The molecule has 3 rings (SSSR count). The highest BCUT2D eigenvalue weighted by Gasteiger charge is 2.24. The van der Waals surface area contributed by atoms with Crippen molar-refractivity contribution >= 4 is 23.4 Å². The molecule has 2 aromatic rings. The summed E-state index contributed by atoms with van der Waals surface area (Å²) in [6.07, 6.45) is 4.14. The average Bonchev–Trinajstić information content (AvgIpc) is 3.02. The van der Waals surface area contributed by atoms with Crippen molar-refractivity contribution in [3.05, 3.63) is 48.2 Å². The Morgan fingerprint density at radius 1 is 1.35 bits per heavy atom. The van der Waals surface area contributed by atoms with E-state index >= 15 is 0 Å².